The molecule has 0 aliphatic carbocycles. The summed E-state index contributed by atoms with van der Waals surface area (Å²) in [5.74, 6) is 2.45. The maximum atomic E-state index is 11.5. The Labute approximate surface area is 88.3 Å². The molecule has 0 fully saturated rings. The summed E-state index contributed by atoms with van der Waals surface area (Å²) in [6.07, 6.45) is 5.66. The highest BCUT2D eigenvalue weighted by atomic mass is 32.1. The van der Waals surface area contributed by atoms with E-state index in [2.05, 4.69) is 11.2 Å². The number of carbonyl (C=O) groups excluding carboxylic acids is 1. The SMILES string of the molecule is C#CCCNC(=O)c1cc(C)c(C)s1. The van der Waals surface area contributed by atoms with Gasteiger partial charge < -0.3 is 5.32 Å². The average molecular weight is 207 g/mol. The van der Waals surface area contributed by atoms with Gasteiger partial charge in [-0.25, -0.2) is 0 Å². The van der Waals surface area contributed by atoms with Gasteiger partial charge in [-0.15, -0.1) is 23.7 Å². The van der Waals surface area contributed by atoms with Crippen molar-refractivity contribution in [2.45, 2.75) is 20.3 Å². The molecule has 1 N–H and O–H groups in total. The molecule has 0 atom stereocenters. The van der Waals surface area contributed by atoms with E-state index in [1.54, 1.807) is 0 Å². The first-order chi connectivity index (χ1) is 6.65. The smallest absolute Gasteiger partial charge is 0.261 e. The van der Waals surface area contributed by atoms with Gasteiger partial charge in [-0.05, 0) is 25.5 Å². The van der Waals surface area contributed by atoms with E-state index in [1.165, 1.54) is 16.2 Å². The van der Waals surface area contributed by atoms with Crippen LogP contribution in [0.2, 0.25) is 0 Å². The van der Waals surface area contributed by atoms with Crippen molar-refractivity contribution in [3.05, 3.63) is 21.4 Å². The van der Waals surface area contributed by atoms with Crippen LogP contribution < -0.4 is 5.32 Å². The second-order valence-electron chi connectivity index (χ2n) is 3.06. The van der Waals surface area contributed by atoms with Crippen LogP contribution in [0.4, 0.5) is 0 Å². The first kappa shape index (κ1) is 10.8. The molecule has 2 nitrogen and oxygen atoms in total. The van der Waals surface area contributed by atoms with E-state index in [0.717, 1.165) is 10.4 Å². The summed E-state index contributed by atoms with van der Waals surface area (Å²) in [5, 5.41) is 2.77. The Morgan fingerprint density at radius 3 is 2.86 bits per heavy atom. The van der Waals surface area contributed by atoms with Gasteiger partial charge in [-0.2, -0.15) is 0 Å². The van der Waals surface area contributed by atoms with Gasteiger partial charge >= 0.3 is 0 Å². The largest absolute Gasteiger partial charge is 0.350 e. The lowest BCUT2D eigenvalue weighted by Gasteiger charge is -1.98. The standard InChI is InChI=1S/C11H13NOS/c1-4-5-6-12-11(13)10-7-8(2)9(3)14-10/h1,7H,5-6H2,2-3H3,(H,12,13). The molecule has 0 bridgehead atoms. The van der Waals surface area contributed by atoms with Crippen molar-refractivity contribution in [2.75, 3.05) is 6.54 Å². The molecule has 14 heavy (non-hydrogen) atoms. The summed E-state index contributed by atoms with van der Waals surface area (Å²) >= 11 is 1.52. The summed E-state index contributed by atoms with van der Waals surface area (Å²) in [6.45, 7) is 4.56. The van der Waals surface area contributed by atoms with Crippen molar-refractivity contribution >= 4 is 17.2 Å². The number of amides is 1. The monoisotopic (exact) mass is 207 g/mol. The van der Waals surface area contributed by atoms with Gasteiger partial charge in [0.2, 0.25) is 0 Å². The Hall–Kier alpha value is -1.27. The lowest BCUT2D eigenvalue weighted by Crippen LogP contribution is -2.23. The second-order valence-corrected chi connectivity index (χ2v) is 4.32. The number of thiophene rings is 1. The lowest BCUT2D eigenvalue weighted by atomic mass is 10.3. The third kappa shape index (κ3) is 2.61. The summed E-state index contributed by atoms with van der Waals surface area (Å²) < 4.78 is 0. The average Bonchev–Trinajstić information content (AvgIpc) is 2.47. The molecule has 1 amide bonds. The van der Waals surface area contributed by atoms with E-state index < -0.39 is 0 Å². The lowest BCUT2D eigenvalue weighted by molar-refractivity contribution is 0.0958. The Bertz CT molecular complexity index is 354. The number of terminal acetylenes is 1. The van der Waals surface area contributed by atoms with E-state index >= 15 is 0 Å². The first-order valence-electron chi connectivity index (χ1n) is 4.44. The van der Waals surface area contributed by atoms with Gasteiger partial charge in [-0.1, -0.05) is 0 Å². The molecule has 0 aliphatic rings. The minimum absolute atomic E-state index is 0.0264. The predicted octanol–water partition coefficient (Wildman–Crippen LogP) is 2.12. The number of hydrogen-bond acceptors (Lipinski definition) is 2. The molecular weight excluding hydrogens is 194 g/mol. The number of carbonyl (C=O) groups is 1. The van der Waals surface area contributed by atoms with Crippen LogP contribution in [0.1, 0.15) is 26.5 Å². The molecule has 3 heteroatoms. The van der Waals surface area contributed by atoms with E-state index in [-0.39, 0.29) is 5.91 Å². The van der Waals surface area contributed by atoms with Gasteiger partial charge in [0.05, 0.1) is 4.88 Å². The molecule has 74 valence electrons. The Morgan fingerprint density at radius 1 is 1.64 bits per heavy atom. The van der Waals surface area contributed by atoms with Gasteiger partial charge in [0.1, 0.15) is 0 Å². The molecule has 1 aromatic heterocycles. The maximum absolute atomic E-state index is 11.5. The maximum Gasteiger partial charge on any atom is 0.261 e. The van der Waals surface area contributed by atoms with Crippen molar-refractivity contribution in [1.82, 2.24) is 5.32 Å². The summed E-state index contributed by atoms with van der Waals surface area (Å²) in [4.78, 5) is 13.5. The first-order valence-corrected chi connectivity index (χ1v) is 5.25. The van der Waals surface area contributed by atoms with Gasteiger partial charge in [-0.3, -0.25) is 4.79 Å². The van der Waals surface area contributed by atoms with Crippen molar-refractivity contribution in [2.24, 2.45) is 0 Å². The van der Waals surface area contributed by atoms with E-state index in [4.69, 9.17) is 6.42 Å². The molecule has 0 radical (unpaired) electrons. The fourth-order valence-electron chi connectivity index (χ4n) is 1.02. The van der Waals surface area contributed by atoms with E-state index in [0.29, 0.717) is 13.0 Å². The minimum atomic E-state index is -0.0264. The van der Waals surface area contributed by atoms with E-state index in [9.17, 15) is 4.79 Å². The molecule has 0 saturated carbocycles. The number of rotatable bonds is 3. The number of nitrogens with one attached hydrogen (secondary N) is 1. The highest BCUT2D eigenvalue weighted by Gasteiger charge is 2.08. The molecule has 0 saturated heterocycles. The van der Waals surface area contributed by atoms with Crippen LogP contribution >= 0.6 is 11.3 Å². The zero-order valence-corrected chi connectivity index (χ0v) is 9.20. The van der Waals surface area contributed by atoms with Crippen LogP contribution in [0.3, 0.4) is 0 Å². The van der Waals surface area contributed by atoms with Gasteiger partial charge in [0.25, 0.3) is 5.91 Å². The van der Waals surface area contributed by atoms with Crippen molar-refractivity contribution in [1.29, 1.82) is 0 Å². The molecule has 1 heterocycles. The second kappa shape index (κ2) is 4.83. The highest BCUT2D eigenvalue weighted by Crippen LogP contribution is 2.20. The van der Waals surface area contributed by atoms with Gasteiger partial charge in [0, 0.05) is 17.8 Å². The molecule has 1 aromatic rings. The van der Waals surface area contributed by atoms with Crippen LogP contribution in [0.15, 0.2) is 6.07 Å². The third-order valence-corrected chi connectivity index (χ3v) is 3.10. The van der Waals surface area contributed by atoms with Crippen molar-refractivity contribution in [3.63, 3.8) is 0 Å². The number of aryl methyl sites for hydroxylation is 2. The molecule has 1 rings (SSSR count). The zero-order valence-electron chi connectivity index (χ0n) is 8.39. The summed E-state index contributed by atoms with van der Waals surface area (Å²) in [7, 11) is 0. The zero-order chi connectivity index (χ0) is 10.6. The van der Waals surface area contributed by atoms with Crippen LogP contribution in [0.25, 0.3) is 0 Å². The molecule has 0 unspecified atom stereocenters. The van der Waals surface area contributed by atoms with Crippen molar-refractivity contribution in [3.8, 4) is 12.3 Å². The third-order valence-electron chi connectivity index (χ3n) is 1.94. The van der Waals surface area contributed by atoms with Crippen LogP contribution in [0.5, 0.6) is 0 Å². The molecule has 0 aliphatic heterocycles. The normalized spacial score (nSPS) is 9.50. The quantitative estimate of drug-likeness (QED) is 0.597. The fraction of sp³-hybridized carbons (Fsp3) is 0.364. The van der Waals surface area contributed by atoms with Crippen LogP contribution in [0, 0.1) is 26.2 Å². The fourth-order valence-corrected chi connectivity index (χ4v) is 1.97. The summed E-state index contributed by atoms with van der Waals surface area (Å²) in [5.41, 5.74) is 1.16. The van der Waals surface area contributed by atoms with Crippen molar-refractivity contribution < 1.29 is 4.79 Å². The minimum Gasteiger partial charge on any atom is -0.350 e. The Morgan fingerprint density at radius 2 is 2.36 bits per heavy atom. The highest BCUT2D eigenvalue weighted by molar-refractivity contribution is 7.14. The molecular formula is C11H13NOS. The van der Waals surface area contributed by atoms with Gasteiger partial charge in [0.15, 0.2) is 0 Å². The van der Waals surface area contributed by atoms with E-state index in [1.807, 2.05) is 19.9 Å². The molecule has 0 spiro atoms. The van der Waals surface area contributed by atoms with Crippen LogP contribution in [-0.4, -0.2) is 12.5 Å². The number of hydrogen-bond donors (Lipinski definition) is 1. The van der Waals surface area contributed by atoms with Crippen LogP contribution in [-0.2, 0) is 0 Å². The predicted molar refractivity (Wildman–Crippen MR) is 59.6 cm³/mol. The molecule has 0 aromatic carbocycles. The topological polar surface area (TPSA) is 29.1 Å². The Kier molecular flexibility index (Phi) is 3.73. The summed E-state index contributed by atoms with van der Waals surface area (Å²) in [6, 6.07) is 1.91. The Balaban J connectivity index is 2.57.